The fraction of sp³-hybridized carbons (Fsp3) is 0.273. The number of pyridine rings is 2. The van der Waals surface area contributed by atoms with Crippen LogP contribution in [-0.4, -0.2) is 66.6 Å². The molecule has 0 unspecified atom stereocenters. The lowest BCUT2D eigenvalue weighted by Gasteiger charge is -2.39. The van der Waals surface area contributed by atoms with E-state index in [1.165, 1.54) is 21.7 Å². The summed E-state index contributed by atoms with van der Waals surface area (Å²) in [6, 6.07) is 14.9. The minimum Gasteiger partial charge on any atom is -0.444 e. The summed E-state index contributed by atoms with van der Waals surface area (Å²) in [7, 11) is 0. The number of carbonyl (C=O) groups is 2. The summed E-state index contributed by atoms with van der Waals surface area (Å²) < 4.78 is 23.0. The maximum Gasteiger partial charge on any atom is 0.410 e. The molecule has 0 radical (unpaired) electrons. The Morgan fingerprint density at radius 3 is 2.70 bits per heavy atom. The van der Waals surface area contributed by atoms with E-state index in [2.05, 4.69) is 26.9 Å². The number of benzene rings is 2. The predicted octanol–water partition coefficient (Wildman–Crippen LogP) is 6.19. The standard InChI is InChI=1S/C33H32FN7O3/c1-5-21-9-6-10-22-15-17-36-30(28(21)22)40(24-11-8-18-39(20-24)32(43)44-33(2,3)4)31(42)25-14-13-23(19-26(25)34)41-29-27(37-38-41)12-7-16-35-29/h5-7,9-10,12-17,19,24H,1,8,11,18,20H2,2-4H3/t24-/m1/s1. The van der Waals surface area contributed by atoms with E-state index >= 15 is 4.39 Å². The number of anilines is 1. The molecule has 0 N–H and O–H groups in total. The molecule has 1 aliphatic heterocycles. The van der Waals surface area contributed by atoms with Gasteiger partial charge in [0.1, 0.15) is 22.8 Å². The number of ether oxygens (including phenoxy) is 1. The van der Waals surface area contributed by atoms with E-state index < -0.39 is 29.5 Å². The van der Waals surface area contributed by atoms with Crippen molar-refractivity contribution in [2.45, 2.75) is 45.3 Å². The predicted molar refractivity (Wildman–Crippen MR) is 166 cm³/mol. The van der Waals surface area contributed by atoms with Crippen LogP contribution < -0.4 is 4.90 Å². The third-order valence-electron chi connectivity index (χ3n) is 7.52. The number of hydrogen-bond donors (Lipinski definition) is 0. The van der Waals surface area contributed by atoms with Crippen LogP contribution in [0.2, 0.25) is 0 Å². The van der Waals surface area contributed by atoms with Crippen LogP contribution in [0, 0.1) is 5.82 Å². The lowest BCUT2D eigenvalue weighted by molar-refractivity contribution is 0.0196. The second-order valence-electron chi connectivity index (χ2n) is 11.7. The molecule has 0 bridgehead atoms. The maximum absolute atomic E-state index is 15.9. The Balaban J connectivity index is 1.43. The van der Waals surface area contributed by atoms with Crippen LogP contribution in [0.1, 0.15) is 49.5 Å². The van der Waals surface area contributed by atoms with Gasteiger partial charge in [-0.05, 0) is 74.9 Å². The van der Waals surface area contributed by atoms with Gasteiger partial charge in [-0.3, -0.25) is 9.69 Å². The zero-order chi connectivity index (χ0) is 31.0. The summed E-state index contributed by atoms with van der Waals surface area (Å²) in [5.41, 5.74) is 1.36. The highest BCUT2D eigenvalue weighted by Crippen LogP contribution is 2.34. The first-order chi connectivity index (χ1) is 21.1. The fourth-order valence-corrected chi connectivity index (χ4v) is 5.56. The number of nitrogens with zero attached hydrogens (tertiary/aromatic N) is 7. The highest BCUT2D eigenvalue weighted by Gasteiger charge is 2.36. The summed E-state index contributed by atoms with van der Waals surface area (Å²) in [6.45, 7) is 10.1. The molecule has 1 saturated heterocycles. The van der Waals surface area contributed by atoms with Crippen molar-refractivity contribution in [3.8, 4) is 5.69 Å². The number of fused-ring (bicyclic) bond motifs is 2. The number of amides is 2. The second-order valence-corrected chi connectivity index (χ2v) is 11.7. The maximum atomic E-state index is 15.9. The van der Waals surface area contributed by atoms with Gasteiger partial charge in [0.25, 0.3) is 5.91 Å². The molecular weight excluding hydrogens is 561 g/mol. The molecule has 1 fully saturated rings. The molecule has 11 heteroatoms. The molecule has 2 aromatic carbocycles. The van der Waals surface area contributed by atoms with Gasteiger partial charge < -0.3 is 9.64 Å². The number of likely N-dealkylation sites (tertiary alicyclic amines) is 1. The monoisotopic (exact) mass is 593 g/mol. The number of aromatic nitrogens is 5. The van der Waals surface area contributed by atoms with E-state index in [4.69, 9.17) is 4.74 Å². The minimum absolute atomic E-state index is 0.143. The van der Waals surface area contributed by atoms with Crippen LogP contribution in [0.4, 0.5) is 15.0 Å². The van der Waals surface area contributed by atoms with Gasteiger partial charge in [-0.1, -0.05) is 36.1 Å². The largest absolute Gasteiger partial charge is 0.444 e. The van der Waals surface area contributed by atoms with Gasteiger partial charge in [0, 0.05) is 36.9 Å². The van der Waals surface area contributed by atoms with Gasteiger partial charge in [-0.2, -0.15) is 4.68 Å². The van der Waals surface area contributed by atoms with Crippen LogP contribution in [0.3, 0.4) is 0 Å². The lowest BCUT2D eigenvalue weighted by atomic mass is 10.00. The zero-order valence-corrected chi connectivity index (χ0v) is 24.8. The number of rotatable bonds is 5. The summed E-state index contributed by atoms with van der Waals surface area (Å²) >= 11 is 0. The molecule has 6 rings (SSSR count). The van der Waals surface area contributed by atoms with E-state index in [1.54, 1.807) is 41.6 Å². The van der Waals surface area contributed by atoms with Gasteiger partial charge in [0.2, 0.25) is 0 Å². The molecule has 0 saturated carbocycles. The van der Waals surface area contributed by atoms with Gasteiger partial charge in [-0.25, -0.2) is 19.2 Å². The van der Waals surface area contributed by atoms with Crippen LogP contribution in [0.5, 0.6) is 0 Å². The molecule has 1 aliphatic rings. The van der Waals surface area contributed by atoms with E-state index in [1.807, 2.05) is 45.0 Å². The number of hydrogen-bond acceptors (Lipinski definition) is 7. The summed E-state index contributed by atoms with van der Waals surface area (Å²) in [4.78, 5) is 39.6. The Kier molecular flexibility index (Phi) is 7.54. The highest BCUT2D eigenvalue weighted by atomic mass is 19.1. The first-order valence-electron chi connectivity index (χ1n) is 14.4. The summed E-state index contributed by atoms with van der Waals surface area (Å²) in [5, 5.41) is 9.77. The topological polar surface area (TPSA) is 106 Å². The Bertz CT molecular complexity index is 1890. The number of carbonyl (C=O) groups excluding carboxylic acids is 2. The smallest absolute Gasteiger partial charge is 0.410 e. The van der Waals surface area contributed by atoms with Crippen molar-refractivity contribution < 1.29 is 18.7 Å². The molecule has 3 aromatic heterocycles. The van der Waals surface area contributed by atoms with Crippen LogP contribution in [0.15, 0.2) is 73.6 Å². The van der Waals surface area contributed by atoms with Gasteiger partial charge in [0.15, 0.2) is 5.65 Å². The normalized spacial score (nSPS) is 15.4. The van der Waals surface area contributed by atoms with Crippen molar-refractivity contribution in [2.24, 2.45) is 0 Å². The SMILES string of the molecule is C=Cc1cccc2ccnc(N(C(=O)c3ccc(-n4nnc5cccnc54)cc3F)[C@@H]3CCCN(C(=O)OC(C)(C)C)C3)c12. The van der Waals surface area contributed by atoms with Gasteiger partial charge in [0.05, 0.1) is 17.3 Å². The van der Waals surface area contributed by atoms with Crippen LogP contribution >= 0.6 is 0 Å². The molecular formula is C33H32FN7O3. The quantitative estimate of drug-likeness (QED) is 0.239. The summed E-state index contributed by atoms with van der Waals surface area (Å²) in [6.07, 6.45) is 5.68. The zero-order valence-electron chi connectivity index (χ0n) is 24.8. The molecule has 224 valence electrons. The van der Waals surface area contributed by atoms with Crippen molar-refractivity contribution in [1.82, 2.24) is 29.9 Å². The molecule has 1 atom stereocenters. The van der Waals surface area contributed by atoms with Crippen molar-refractivity contribution in [3.63, 3.8) is 0 Å². The van der Waals surface area contributed by atoms with Crippen molar-refractivity contribution >= 4 is 45.8 Å². The molecule has 5 aromatic rings. The van der Waals surface area contributed by atoms with E-state index in [0.29, 0.717) is 47.4 Å². The first kappa shape index (κ1) is 28.9. The Morgan fingerprint density at radius 2 is 1.93 bits per heavy atom. The van der Waals surface area contributed by atoms with E-state index in [9.17, 15) is 9.59 Å². The van der Waals surface area contributed by atoms with Crippen LogP contribution in [0.25, 0.3) is 33.7 Å². The summed E-state index contributed by atoms with van der Waals surface area (Å²) in [5.74, 6) is -0.944. The third-order valence-corrected chi connectivity index (χ3v) is 7.52. The molecule has 4 heterocycles. The average molecular weight is 594 g/mol. The lowest BCUT2D eigenvalue weighted by Crippen LogP contribution is -2.53. The average Bonchev–Trinajstić information content (AvgIpc) is 3.44. The van der Waals surface area contributed by atoms with Gasteiger partial charge >= 0.3 is 6.09 Å². The second kappa shape index (κ2) is 11.5. The molecule has 10 nitrogen and oxygen atoms in total. The fourth-order valence-electron chi connectivity index (χ4n) is 5.56. The number of halogens is 1. The van der Waals surface area contributed by atoms with E-state index in [0.717, 1.165) is 10.9 Å². The Morgan fingerprint density at radius 1 is 1.09 bits per heavy atom. The third kappa shape index (κ3) is 5.48. The Labute approximate surface area is 253 Å². The van der Waals surface area contributed by atoms with Crippen molar-refractivity contribution in [1.29, 1.82) is 0 Å². The van der Waals surface area contributed by atoms with Gasteiger partial charge in [-0.15, -0.1) is 5.10 Å². The number of piperidine rings is 1. The van der Waals surface area contributed by atoms with Crippen LogP contribution in [-0.2, 0) is 4.74 Å². The Hall–Kier alpha value is -5.19. The minimum atomic E-state index is -0.735. The molecule has 0 aliphatic carbocycles. The molecule has 44 heavy (non-hydrogen) atoms. The highest BCUT2D eigenvalue weighted by molar-refractivity contribution is 6.11. The van der Waals surface area contributed by atoms with Crippen molar-refractivity contribution in [2.75, 3.05) is 18.0 Å². The molecule has 0 spiro atoms. The first-order valence-corrected chi connectivity index (χ1v) is 14.4. The molecule has 2 amide bonds. The van der Waals surface area contributed by atoms with Crippen molar-refractivity contribution in [3.05, 3.63) is 90.5 Å². The van der Waals surface area contributed by atoms with E-state index in [-0.39, 0.29) is 12.1 Å².